The normalized spacial score (nSPS) is 17.2. The van der Waals surface area contributed by atoms with Crippen LogP contribution in [0.3, 0.4) is 0 Å². The molecule has 1 N–H and O–H groups in total. The van der Waals surface area contributed by atoms with Gasteiger partial charge in [0.15, 0.2) is 0 Å². The summed E-state index contributed by atoms with van der Waals surface area (Å²) >= 11 is 0. The first-order valence-corrected chi connectivity index (χ1v) is 6.82. The molecule has 2 rings (SSSR count). The molecular weight excluding hydrogens is 260 g/mol. The molecule has 0 spiro atoms. The van der Waals surface area contributed by atoms with Crippen molar-refractivity contribution in [3.8, 4) is 0 Å². The smallest absolute Gasteiger partial charge is 0.412 e. The van der Waals surface area contributed by atoms with Gasteiger partial charge in [-0.3, -0.25) is 15.4 Å². The second-order valence-electron chi connectivity index (χ2n) is 4.91. The van der Waals surface area contributed by atoms with Crippen molar-refractivity contribution in [2.75, 3.05) is 0 Å². The zero-order chi connectivity index (χ0) is 14.4. The molecule has 1 amide bonds. The van der Waals surface area contributed by atoms with Crippen LogP contribution in [-0.2, 0) is 4.74 Å². The number of nitrogens with zero attached hydrogens (tertiary/aromatic N) is 1. The molecule has 1 atom stereocenters. The Balaban J connectivity index is 1.94. The van der Waals surface area contributed by atoms with Crippen molar-refractivity contribution in [3.05, 3.63) is 46.0 Å². The molecule has 0 aromatic heterocycles. The summed E-state index contributed by atoms with van der Waals surface area (Å²) in [4.78, 5) is 22.3. The highest BCUT2D eigenvalue weighted by atomic mass is 16.6. The van der Waals surface area contributed by atoms with E-state index in [1.807, 2.05) is 0 Å². The van der Waals surface area contributed by atoms with Crippen molar-refractivity contribution < 1.29 is 14.5 Å². The SMILES string of the molecule is O=C(NC(c1ccccc1)[N+](=O)[O-])OC1CCCCC1. The quantitative estimate of drug-likeness (QED) is 0.521. The molecular formula is C14H18N2O4. The van der Waals surface area contributed by atoms with Gasteiger partial charge < -0.3 is 4.74 Å². The van der Waals surface area contributed by atoms with Crippen molar-refractivity contribution in [1.29, 1.82) is 0 Å². The van der Waals surface area contributed by atoms with Gasteiger partial charge in [-0.15, -0.1) is 0 Å². The van der Waals surface area contributed by atoms with Crippen molar-refractivity contribution in [2.45, 2.75) is 44.4 Å². The van der Waals surface area contributed by atoms with Crippen LogP contribution in [0.5, 0.6) is 0 Å². The maximum Gasteiger partial charge on any atom is 0.412 e. The van der Waals surface area contributed by atoms with E-state index in [1.54, 1.807) is 30.3 Å². The number of carbonyl (C=O) groups excluding carboxylic acids is 1. The molecule has 1 saturated carbocycles. The van der Waals surface area contributed by atoms with Crippen LogP contribution in [0.1, 0.15) is 43.8 Å². The predicted octanol–water partition coefficient (Wildman–Crippen LogP) is 3.02. The summed E-state index contributed by atoms with van der Waals surface area (Å²) in [7, 11) is 0. The molecule has 1 aliphatic carbocycles. The molecule has 1 aromatic rings. The van der Waals surface area contributed by atoms with Crippen molar-refractivity contribution in [3.63, 3.8) is 0 Å². The van der Waals surface area contributed by atoms with Crippen molar-refractivity contribution >= 4 is 6.09 Å². The largest absolute Gasteiger partial charge is 0.446 e. The van der Waals surface area contributed by atoms with Crippen LogP contribution in [0.4, 0.5) is 4.79 Å². The van der Waals surface area contributed by atoms with Gasteiger partial charge in [-0.05, 0) is 25.7 Å². The number of carbonyl (C=O) groups is 1. The number of alkyl carbamates (subject to hydrolysis) is 1. The van der Waals surface area contributed by atoms with Crippen LogP contribution >= 0.6 is 0 Å². The van der Waals surface area contributed by atoms with Gasteiger partial charge >= 0.3 is 12.3 Å². The van der Waals surface area contributed by atoms with Crippen LogP contribution in [0, 0.1) is 10.1 Å². The monoisotopic (exact) mass is 278 g/mol. The number of hydrogen-bond donors (Lipinski definition) is 1. The minimum absolute atomic E-state index is 0.119. The van der Waals surface area contributed by atoms with E-state index < -0.39 is 17.2 Å². The van der Waals surface area contributed by atoms with Gasteiger partial charge in [0.05, 0.1) is 4.92 Å². The number of amides is 1. The molecule has 1 aliphatic rings. The fraction of sp³-hybridized carbons (Fsp3) is 0.500. The molecule has 6 nitrogen and oxygen atoms in total. The van der Waals surface area contributed by atoms with Gasteiger partial charge in [0.2, 0.25) is 0 Å². The van der Waals surface area contributed by atoms with E-state index in [2.05, 4.69) is 5.32 Å². The summed E-state index contributed by atoms with van der Waals surface area (Å²) in [6.45, 7) is 0. The number of hydrogen-bond acceptors (Lipinski definition) is 4. The van der Waals surface area contributed by atoms with Gasteiger partial charge in [0.1, 0.15) is 6.10 Å². The molecule has 0 radical (unpaired) electrons. The van der Waals surface area contributed by atoms with Gasteiger partial charge in [0, 0.05) is 5.56 Å². The fourth-order valence-electron chi connectivity index (χ4n) is 2.37. The van der Waals surface area contributed by atoms with E-state index in [-0.39, 0.29) is 6.10 Å². The lowest BCUT2D eigenvalue weighted by atomic mass is 9.98. The molecule has 0 saturated heterocycles. The number of nitro groups is 1. The summed E-state index contributed by atoms with van der Waals surface area (Å²) in [5, 5.41) is 13.4. The Kier molecular flexibility index (Phi) is 4.92. The average Bonchev–Trinajstić information content (AvgIpc) is 2.46. The third-order valence-corrected chi connectivity index (χ3v) is 3.41. The van der Waals surface area contributed by atoms with E-state index in [1.165, 1.54) is 0 Å². The lowest BCUT2D eigenvalue weighted by molar-refractivity contribution is -0.533. The third-order valence-electron chi connectivity index (χ3n) is 3.41. The number of nitrogens with one attached hydrogen (secondary N) is 1. The van der Waals surface area contributed by atoms with Crippen molar-refractivity contribution in [1.82, 2.24) is 5.32 Å². The topological polar surface area (TPSA) is 81.5 Å². The first-order valence-electron chi connectivity index (χ1n) is 6.82. The summed E-state index contributed by atoms with van der Waals surface area (Å²) in [5.74, 6) is 0. The molecule has 0 bridgehead atoms. The van der Waals surface area contributed by atoms with Crippen molar-refractivity contribution in [2.24, 2.45) is 0 Å². The maximum atomic E-state index is 11.8. The van der Waals surface area contributed by atoms with E-state index in [0.29, 0.717) is 5.56 Å². The first kappa shape index (κ1) is 14.3. The fourth-order valence-corrected chi connectivity index (χ4v) is 2.37. The lowest BCUT2D eigenvalue weighted by Gasteiger charge is -2.22. The Labute approximate surface area is 117 Å². The molecule has 1 aromatic carbocycles. The Morgan fingerprint density at radius 1 is 1.25 bits per heavy atom. The van der Waals surface area contributed by atoms with E-state index >= 15 is 0 Å². The summed E-state index contributed by atoms with van der Waals surface area (Å²) in [6.07, 6.45) is 2.79. The summed E-state index contributed by atoms with van der Waals surface area (Å²) in [6, 6.07) is 8.36. The summed E-state index contributed by atoms with van der Waals surface area (Å²) < 4.78 is 5.24. The highest BCUT2D eigenvalue weighted by Gasteiger charge is 2.27. The van der Waals surface area contributed by atoms with Gasteiger partial charge in [0.25, 0.3) is 0 Å². The maximum absolute atomic E-state index is 11.8. The zero-order valence-corrected chi connectivity index (χ0v) is 11.2. The minimum Gasteiger partial charge on any atom is -0.446 e. The minimum atomic E-state index is -1.27. The number of benzene rings is 1. The van der Waals surface area contributed by atoms with E-state index in [0.717, 1.165) is 32.1 Å². The van der Waals surface area contributed by atoms with Crippen LogP contribution in [0.25, 0.3) is 0 Å². The van der Waals surface area contributed by atoms with E-state index in [9.17, 15) is 14.9 Å². The lowest BCUT2D eigenvalue weighted by Crippen LogP contribution is -2.36. The zero-order valence-electron chi connectivity index (χ0n) is 11.2. The first-order chi connectivity index (χ1) is 9.66. The Bertz CT molecular complexity index is 458. The molecule has 108 valence electrons. The molecule has 1 unspecified atom stereocenters. The molecule has 20 heavy (non-hydrogen) atoms. The van der Waals surface area contributed by atoms with Gasteiger partial charge in [-0.1, -0.05) is 36.8 Å². The highest BCUT2D eigenvalue weighted by Crippen LogP contribution is 2.21. The van der Waals surface area contributed by atoms with Crippen LogP contribution in [-0.4, -0.2) is 17.1 Å². The molecule has 0 heterocycles. The standard InChI is InChI=1S/C14H18N2O4/c17-14(20-12-9-5-2-6-10-12)15-13(16(18)19)11-7-3-1-4-8-11/h1,3-4,7-8,12-13H,2,5-6,9-10H2,(H,15,17). The highest BCUT2D eigenvalue weighted by molar-refractivity contribution is 5.67. The average molecular weight is 278 g/mol. The number of rotatable bonds is 4. The molecule has 1 fully saturated rings. The second kappa shape index (κ2) is 6.88. The summed E-state index contributed by atoms with van der Waals surface area (Å²) in [5.41, 5.74) is 0.429. The van der Waals surface area contributed by atoms with Gasteiger partial charge in [-0.25, -0.2) is 4.79 Å². The Morgan fingerprint density at radius 3 is 2.50 bits per heavy atom. The van der Waals surface area contributed by atoms with Crippen LogP contribution < -0.4 is 5.32 Å². The Morgan fingerprint density at radius 2 is 1.90 bits per heavy atom. The predicted molar refractivity (Wildman–Crippen MR) is 72.7 cm³/mol. The van der Waals surface area contributed by atoms with E-state index in [4.69, 9.17) is 4.74 Å². The molecule has 0 aliphatic heterocycles. The van der Waals surface area contributed by atoms with Crippen LogP contribution in [0.15, 0.2) is 30.3 Å². The molecule has 6 heteroatoms. The third kappa shape index (κ3) is 3.94. The Hall–Kier alpha value is -2.11. The van der Waals surface area contributed by atoms with Gasteiger partial charge in [-0.2, -0.15) is 0 Å². The number of ether oxygens (including phenoxy) is 1. The van der Waals surface area contributed by atoms with Crippen LogP contribution in [0.2, 0.25) is 0 Å². The second-order valence-corrected chi connectivity index (χ2v) is 4.91.